The second-order valence-corrected chi connectivity index (χ2v) is 7.56. The first-order valence-corrected chi connectivity index (χ1v) is 10.0. The molecule has 1 heterocycles. The molecule has 23 heavy (non-hydrogen) atoms. The molecule has 0 unspecified atom stereocenters. The van der Waals surface area contributed by atoms with Crippen LogP contribution in [-0.4, -0.2) is 52.0 Å². The fourth-order valence-electron chi connectivity index (χ4n) is 2.81. The van der Waals surface area contributed by atoms with Crippen LogP contribution in [-0.2, 0) is 23.8 Å². The summed E-state index contributed by atoms with van der Waals surface area (Å²) in [6.45, 7) is 1.96. The Labute approximate surface area is 139 Å². The summed E-state index contributed by atoms with van der Waals surface area (Å²) in [5, 5.41) is 9.55. The molecule has 0 saturated carbocycles. The maximum atomic E-state index is 11.5. The van der Waals surface area contributed by atoms with E-state index in [1.807, 2.05) is 6.08 Å². The van der Waals surface area contributed by atoms with E-state index >= 15 is 0 Å². The maximum Gasteiger partial charge on any atom is 0.264 e. The summed E-state index contributed by atoms with van der Waals surface area (Å²) >= 11 is 0. The number of allylic oxidation sites excluding steroid dienone is 2. The highest BCUT2D eigenvalue weighted by Crippen LogP contribution is 2.32. The van der Waals surface area contributed by atoms with E-state index in [1.54, 1.807) is 0 Å². The number of unbranched alkanes of at least 4 members (excludes halogenated alkanes) is 3. The number of ether oxygens (including phenoxy) is 2. The smallest absolute Gasteiger partial charge is 0.264 e. The Balaban J connectivity index is 2.70. The SMILES string of the molecule is CCCCC/C=C\C[C@@H]1[C@@H](CO)O[C@H](OC)C[C@H]1OS(C)(=O)=O. The van der Waals surface area contributed by atoms with E-state index in [2.05, 4.69) is 13.0 Å². The van der Waals surface area contributed by atoms with Gasteiger partial charge in [-0.3, -0.25) is 4.18 Å². The first-order valence-electron chi connectivity index (χ1n) is 8.23. The molecule has 0 aromatic heterocycles. The van der Waals surface area contributed by atoms with Gasteiger partial charge in [0.2, 0.25) is 0 Å². The zero-order chi connectivity index (χ0) is 17.3. The van der Waals surface area contributed by atoms with E-state index in [9.17, 15) is 13.5 Å². The third-order valence-electron chi connectivity index (χ3n) is 4.00. The Morgan fingerprint density at radius 3 is 2.61 bits per heavy atom. The van der Waals surface area contributed by atoms with E-state index in [0.717, 1.165) is 19.1 Å². The summed E-state index contributed by atoms with van der Waals surface area (Å²) in [6.07, 6.45) is 9.01. The molecule has 0 aromatic carbocycles. The Kier molecular flexibility index (Phi) is 9.31. The monoisotopic (exact) mass is 350 g/mol. The number of rotatable bonds is 10. The van der Waals surface area contributed by atoms with Crippen LogP contribution in [0.1, 0.15) is 45.4 Å². The van der Waals surface area contributed by atoms with Crippen LogP contribution in [0.3, 0.4) is 0 Å². The van der Waals surface area contributed by atoms with Crippen molar-refractivity contribution < 1.29 is 27.2 Å². The van der Waals surface area contributed by atoms with Gasteiger partial charge in [-0.05, 0) is 19.3 Å². The van der Waals surface area contributed by atoms with Gasteiger partial charge in [-0.15, -0.1) is 0 Å². The van der Waals surface area contributed by atoms with Crippen LogP contribution in [0.2, 0.25) is 0 Å². The van der Waals surface area contributed by atoms with Crippen LogP contribution >= 0.6 is 0 Å². The van der Waals surface area contributed by atoms with Crippen molar-refractivity contribution in [1.29, 1.82) is 0 Å². The average molecular weight is 350 g/mol. The van der Waals surface area contributed by atoms with Gasteiger partial charge in [0.15, 0.2) is 6.29 Å². The Morgan fingerprint density at radius 2 is 2.04 bits per heavy atom. The van der Waals surface area contributed by atoms with Crippen LogP contribution in [0, 0.1) is 5.92 Å². The number of aliphatic hydroxyl groups excluding tert-OH is 1. The molecule has 0 aromatic rings. The number of hydrogen-bond donors (Lipinski definition) is 1. The van der Waals surface area contributed by atoms with Crippen molar-refractivity contribution in [2.75, 3.05) is 20.0 Å². The lowest BCUT2D eigenvalue weighted by Crippen LogP contribution is -2.48. The van der Waals surface area contributed by atoms with Gasteiger partial charge in [0.1, 0.15) is 0 Å². The van der Waals surface area contributed by atoms with E-state index in [4.69, 9.17) is 13.7 Å². The average Bonchev–Trinajstić information content (AvgIpc) is 2.49. The molecule has 1 fully saturated rings. The van der Waals surface area contributed by atoms with Crippen LogP contribution in [0.4, 0.5) is 0 Å². The maximum absolute atomic E-state index is 11.5. The van der Waals surface area contributed by atoms with Crippen LogP contribution in [0.15, 0.2) is 12.2 Å². The largest absolute Gasteiger partial charge is 0.394 e. The molecule has 0 aliphatic carbocycles. The van der Waals surface area contributed by atoms with Crippen LogP contribution in [0.25, 0.3) is 0 Å². The minimum absolute atomic E-state index is 0.197. The molecular formula is C16H30O6S. The van der Waals surface area contributed by atoms with Gasteiger partial charge in [0.05, 0.1) is 25.1 Å². The first-order chi connectivity index (χ1) is 10.9. The van der Waals surface area contributed by atoms with Crippen molar-refractivity contribution in [2.45, 2.75) is 63.9 Å². The molecule has 0 amide bonds. The molecule has 1 saturated heterocycles. The highest BCUT2D eigenvalue weighted by atomic mass is 32.2. The molecule has 7 heteroatoms. The van der Waals surface area contributed by atoms with Crippen molar-refractivity contribution in [3.63, 3.8) is 0 Å². The zero-order valence-corrected chi connectivity index (χ0v) is 15.1. The summed E-state index contributed by atoms with van der Waals surface area (Å²) in [6, 6.07) is 0. The van der Waals surface area contributed by atoms with E-state index in [0.29, 0.717) is 12.8 Å². The molecule has 0 bridgehead atoms. The van der Waals surface area contributed by atoms with Gasteiger partial charge in [-0.1, -0.05) is 31.9 Å². The molecule has 4 atom stereocenters. The lowest BCUT2D eigenvalue weighted by molar-refractivity contribution is -0.228. The van der Waals surface area contributed by atoms with Gasteiger partial charge in [-0.2, -0.15) is 8.42 Å². The highest BCUT2D eigenvalue weighted by molar-refractivity contribution is 7.86. The van der Waals surface area contributed by atoms with Crippen molar-refractivity contribution in [2.24, 2.45) is 5.92 Å². The Bertz CT molecular complexity index is 447. The Morgan fingerprint density at radius 1 is 1.30 bits per heavy atom. The molecule has 1 rings (SSSR count). The fraction of sp³-hybridized carbons (Fsp3) is 0.875. The predicted molar refractivity (Wildman–Crippen MR) is 88.5 cm³/mol. The van der Waals surface area contributed by atoms with Gasteiger partial charge >= 0.3 is 0 Å². The molecule has 1 aliphatic heterocycles. The minimum atomic E-state index is -3.58. The molecule has 6 nitrogen and oxygen atoms in total. The summed E-state index contributed by atoms with van der Waals surface area (Å²) in [7, 11) is -2.09. The van der Waals surface area contributed by atoms with E-state index in [-0.39, 0.29) is 12.5 Å². The molecule has 1 aliphatic rings. The molecule has 0 radical (unpaired) electrons. The molecular weight excluding hydrogens is 320 g/mol. The van der Waals surface area contributed by atoms with Crippen molar-refractivity contribution >= 4 is 10.1 Å². The molecule has 136 valence electrons. The quantitative estimate of drug-likeness (QED) is 0.370. The van der Waals surface area contributed by atoms with Gasteiger partial charge in [0, 0.05) is 19.4 Å². The number of methoxy groups -OCH3 is 1. The first kappa shape index (κ1) is 20.6. The summed E-state index contributed by atoms with van der Waals surface area (Å²) in [5.41, 5.74) is 0. The summed E-state index contributed by atoms with van der Waals surface area (Å²) in [4.78, 5) is 0. The topological polar surface area (TPSA) is 82.1 Å². The number of hydrogen-bond acceptors (Lipinski definition) is 6. The third kappa shape index (κ3) is 7.76. The van der Waals surface area contributed by atoms with Crippen molar-refractivity contribution in [3.05, 3.63) is 12.2 Å². The molecule has 1 N–H and O–H groups in total. The minimum Gasteiger partial charge on any atom is -0.394 e. The van der Waals surface area contributed by atoms with Crippen molar-refractivity contribution in [1.82, 2.24) is 0 Å². The highest BCUT2D eigenvalue weighted by Gasteiger charge is 2.40. The van der Waals surface area contributed by atoms with E-state index in [1.165, 1.54) is 20.0 Å². The van der Waals surface area contributed by atoms with Crippen molar-refractivity contribution in [3.8, 4) is 0 Å². The Hall–Kier alpha value is -0.470. The third-order valence-corrected chi connectivity index (χ3v) is 4.59. The van der Waals surface area contributed by atoms with Gasteiger partial charge < -0.3 is 14.6 Å². The number of aliphatic hydroxyl groups is 1. The van der Waals surface area contributed by atoms with Gasteiger partial charge in [0.25, 0.3) is 10.1 Å². The predicted octanol–water partition coefficient (Wildman–Crippen LogP) is 2.23. The second-order valence-electron chi connectivity index (χ2n) is 5.96. The van der Waals surface area contributed by atoms with Crippen LogP contribution in [0.5, 0.6) is 0 Å². The second kappa shape index (κ2) is 10.4. The summed E-state index contributed by atoms with van der Waals surface area (Å²) < 4.78 is 39.0. The lowest BCUT2D eigenvalue weighted by Gasteiger charge is -2.39. The normalized spacial score (nSPS) is 29.2. The van der Waals surface area contributed by atoms with E-state index < -0.39 is 28.6 Å². The summed E-state index contributed by atoms with van der Waals surface area (Å²) in [5.74, 6) is -0.219. The van der Waals surface area contributed by atoms with Gasteiger partial charge in [-0.25, -0.2) is 0 Å². The lowest BCUT2D eigenvalue weighted by atomic mass is 9.88. The molecule has 0 spiro atoms. The fourth-order valence-corrected chi connectivity index (χ4v) is 3.48. The standard InChI is InChI=1S/C16H30O6S/c1-4-5-6-7-8-9-10-13-14(22-23(3,18)19)11-16(20-2)21-15(13)12-17/h8-9,13-17H,4-7,10-12H2,1-3H3/b9-8-/t13-,14+,15+,16-/m0/s1. The zero-order valence-electron chi connectivity index (χ0n) is 14.3. The van der Waals surface area contributed by atoms with Crippen LogP contribution < -0.4 is 0 Å².